The zero-order valence-electron chi connectivity index (χ0n) is 20.3. The molecular weight excluding hydrogens is 493 g/mol. The van der Waals surface area contributed by atoms with Gasteiger partial charge < -0.3 is 4.90 Å². The number of aromatic nitrogens is 2. The van der Waals surface area contributed by atoms with Gasteiger partial charge in [-0.25, -0.2) is 12.8 Å². The number of carbonyl (C=O) groups is 1. The van der Waals surface area contributed by atoms with Gasteiger partial charge in [-0.2, -0.15) is 0 Å². The molecule has 1 amide bonds. The lowest BCUT2D eigenvalue weighted by Crippen LogP contribution is -2.48. The van der Waals surface area contributed by atoms with Gasteiger partial charge in [-0.15, -0.1) is 0 Å². The van der Waals surface area contributed by atoms with Crippen LogP contribution in [0.5, 0.6) is 0 Å². The number of pyridine rings is 2. The third-order valence-electron chi connectivity index (χ3n) is 6.43. The molecule has 190 valence electrons. The highest BCUT2D eigenvalue weighted by molar-refractivity contribution is 7.93. The lowest BCUT2D eigenvalue weighted by molar-refractivity contribution is 0.0627. The summed E-state index contributed by atoms with van der Waals surface area (Å²) >= 11 is 0. The number of hydrogen-bond donors (Lipinski definition) is 1. The van der Waals surface area contributed by atoms with Crippen LogP contribution in [0.25, 0.3) is 10.9 Å². The first kappa shape index (κ1) is 24.8. The van der Waals surface area contributed by atoms with Crippen LogP contribution in [0, 0.1) is 12.7 Å². The molecular formula is C27H26FN5O3S. The van der Waals surface area contributed by atoms with Crippen molar-refractivity contribution in [3.63, 3.8) is 0 Å². The number of hydrogen-bond acceptors (Lipinski definition) is 6. The van der Waals surface area contributed by atoms with E-state index < -0.39 is 10.0 Å². The minimum Gasteiger partial charge on any atom is -0.336 e. The number of para-hydroxylation sites is 1. The molecule has 0 aliphatic carbocycles. The van der Waals surface area contributed by atoms with E-state index in [2.05, 4.69) is 19.6 Å². The predicted octanol–water partition coefficient (Wildman–Crippen LogP) is 3.84. The number of piperazine rings is 1. The van der Waals surface area contributed by atoms with Crippen LogP contribution in [0.15, 0.2) is 78.0 Å². The maximum atomic E-state index is 13.4. The quantitative estimate of drug-likeness (QED) is 0.416. The number of carbonyl (C=O) groups excluding carboxylic acids is 1. The first-order chi connectivity index (χ1) is 17.8. The van der Waals surface area contributed by atoms with Crippen LogP contribution in [0.4, 0.5) is 10.1 Å². The fraction of sp³-hybridized carbons (Fsp3) is 0.222. The van der Waals surface area contributed by atoms with Gasteiger partial charge in [0.2, 0.25) is 0 Å². The molecule has 0 unspecified atom stereocenters. The Morgan fingerprint density at radius 1 is 0.973 bits per heavy atom. The SMILES string of the molecule is Cc1cc(C(=O)N2CCN(Cc3cc(F)ccn3)CC2)ccc1NS(=O)(=O)c1cccc2cccnc12. The zero-order valence-corrected chi connectivity index (χ0v) is 21.1. The van der Waals surface area contributed by atoms with E-state index in [0.29, 0.717) is 60.7 Å². The van der Waals surface area contributed by atoms with Gasteiger partial charge in [0.25, 0.3) is 15.9 Å². The van der Waals surface area contributed by atoms with Crippen LogP contribution < -0.4 is 4.72 Å². The molecule has 0 radical (unpaired) electrons. The number of nitrogens with zero attached hydrogens (tertiary/aromatic N) is 4. The maximum Gasteiger partial charge on any atom is 0.264 e. The molecule has 8 nitrogen and oxygen atoms in total. The van der Waals surface area contributed by atoms with Crippen LogP contribution >= 0.6 is 0 Å². The maximum absolute atomic E-state index is 13.4. The van der Waals surface area contributed by atoms with Crippen molar-refractivity contribution in [1.29, 1.82) is 0 Å². The molecule has 1 saturated heterocycles. The van der Waals surface area contributed by atoms with Crippen molar-refractivity contribution in [2.24, 2.45) is 0 Å². The molecule has 0 spiro atoms. The molecule has 1 aliphatic heterocycles. The number of sulfonamides is 1. The third kappa shape index (κ3) is 5.45. The summed E-state index contributed by atoms with van der Waals surface area (Å²) in [6, 6.07) is 16.3. The van der Waals surface area contributed by atoms with Gasteiger partial charge in [0.15, 0.2) is 0 Å². The summed E-state index contributed by atoms with van der Waals surface area (Å²) in [6.45, 7) is 4.67. The molecule has 5 rings (SSSR count). The minimum atomic E-state index is -3.89. The van der Waals surface area contributed by atoms with E-state index in [1.54, 1.807) is 48.4 Å². The number of amides is 1. The number of aryl methyl sites for hydroxylation is 1. The Balaban J connectivity index is 1.25. The van der Waals surface area contributed by atoms with Crippen molar-refractivity contribution in [2.45, 2.75) is 18.4 Å². The Bertz CT molecular complexity index is 1560. The van der Waals surface area contributed by atoms with E-state index in [1.165, 1.54) is 24.4 Å². The summed E-state index contributed by atoms with van der Waals surface area (Å²) in [6.07, 6.45) is 3.01. The van der Waals surface area contributed by atoms with Gasteiger partial charge in [0, 0.05) is 56.1 Å². The van der Waals surface area contributed by atoms with E-state index in [4.69, 9.17) is 0 Å². The van der Waals surface area contributed by atoms with Crippen LogP contribution in [-0.4, -0.2) is 60.3 Å². The zero-order chi connectivity index (χ0) is 26.0. The third-order valence-corrected chi connectivity index (χ3v) is 7.82. The number of rotatable bonds is 6. The molecule has 0 saturated carbocycles. The summed E-state index contributed by atoms with van der Waals surface area (Å²) in [5.74, 6) is -0.423. The normalized spacial score (nSPS) is 14.6. The minimum absolute atomic E-state index is 0.0939. The molecule has 37 heavy (non-hydrogen) atoms. The molecule has 10 heteroatoms. The van der Waals surface area contributed by atoms with Gasteiger partial charge >= 0.3 is 0 Å². The number of benzene rings is 2. The number of fused-ring (bicyclic) bond motifs is 1. The lowest BCUT2D eigenvalue weighted by atomic mass is 10.1. The second kappa shape index (κ2) is 10.2. The lowest BCUT2D eigenvalue weighted by Gasteiger charge is -2.34. The Labute approximate surface area is 214 Å². The highest BCUT2D eigenvalue weighted by Gasteiger charge is 2.24. The summed E-state index contributed by atoms with van der Waals surface area (Å²) in [7, 11) is -3.89. The standard InChI is InChI=1S/C27H26FN5O3S/c1-19-16-21(27(34)33-14-12-32(13-15-33)18-23-17-22(28)9-11-29-23)7-8-24(19)31-37(35,36)25-6-2-4-20-5-3-10-30-26(20)25/h2-11,16-17,31H,12-15,18H2,1H3. The van der Waals surface area contributed by atoms with E-state index >= 15 is 0 Å². The second-order valence-electron chi connectivity index (χ2n) is 9.00. The molecule has 2 aromatic heterocycles. The number of nitrogens with one attached hydrogen (secondary N) is 1. The van der Waals surface area contributed by atoms with Crippen molar-refractivity contribution < 1.29 is 17.6 Å². The molecule has 1 aliphatic rings. The van der Waals surface area contributed by atoms with Gasteiger partial charge in [-0.1, -0.05) is 18.2 Å². The van der Waals surface area contributed by atoms with Gasteiger partial charge in [0.1, 0.15) is 10.7 Å². The van der Waals surface area contributed by atoms with E-state index in [1.807, 2.05) is 12.1 Å². The molecule has 1 N–H and O–H groups in total. The van der Waals surface area contributed by atoms with Crippen molar-refractivity contribution in [2.75, 3.05) is 30.9 Å². The fourth-order valence-electron chi connectivity index (χ4n) is 4.46. The Hall–Kier alpha value is -3.89. The monoisotopic (exact) mass is 519 g/mol. The average Bonchev–Trinajstić information content (AvgIpc) is 2.89. The van der Waals surface area contributed by atoms with Crippen LogP contribution in [0.3, 0.4) is 0 Å². The van der Waals surface area contributed by atoms with Gasteiger partial charge in [-0.3, -0.25) is 24.4 Å². The van der Waals surface area contributed by atoms with E-state index in [9.17, 15) is 17.6 Å². The first-order valence-corrected chi connectivity index (χ1v) is 13.4. The van der Waals surface area contributed by atoms with Crippen molar-refractivity contribution in [3.05, 3.63) is 95.7 Å². The molecule has 0 atom stereocenters. The number of anilines is 1. The Morgan fingerprint density at radius 3 is 2.51 bits per heavy atom. The first-order valence-electron chi connectivity index (χ1n) is 11.9. The summed E-state index contributed by atoms with van der Waals surface area (Å²) in [5.41, 5.74) is 2.59. The van der Waals surface area contributed by atoms with E-state index in [0.717, 1.165) is 5.39 Å². The van der Waals surface area contributed by atoms with Crippen molar-refractivity contribution in [1.82, 2.24) is 19.8 Å². The summed E-state index contributed by atoms with van der Waals surface area (Å²) in [5, 5.41) is 0.732. The average molecular weight is 520 g/mol. The molecule has 0 bridgehead atoms. The Kier molecular flexibility index (Phi) is 6.86. The fourth-order valence-corrected chi connectivity index (χ4v) is 5.77. The second-order valence-corrected chi connectivity index (χ2v) is 10.7. The highest BCUT2D eigenvalue weighted by Crippen LogP contribution is 2.26. The molecule has 2 aromatic carbocycles. The van der Waals surface area contributed by atoms with Crippen LogP contribution in [-0.2, 0) is 16.6 Å². The van der Waals surface area contributed by atoms with E-state index in [-0.39, 0.29) is 16.6 Å². The predicted molar refractivity (Wildman–Crippen MR) is 139 cm³/mol. The van der Waals surface area contributed by atoms with Crippen LogP contribution in [0.1, 0.15) is 21.6 Å². The number of halogens is 1. The van der Waals surface area contributed by atoms with Crippen molar-refractivity contribution in [3.8, 4) is 0 Å². The van der Waals surface area contributed by atoms with Gasteiger partial charge in [-0.05, 0) is 55.0 Å². The Morgan fingerprint density at radius 2 is 1.76 bits per heavy atom. The largest absolute Gasteiger partial charge is 0.336 e. The molecule has 4 aromatic rings. The molecule has 3 heterocycles. The summed E-state index contributed by atoms with van der Waals surface area (Å²) in [4.78, 5) is 25.6. The highest BCUT2D eigenvalue weighted by atomic mass is 32.2. The van der Waals surface area contributed by atoms with Crippen molar-refractivity contribution >= 4 is 32.5 Å². The molecule has 1 fully saturated rings. The smallest absolute Gasteiger partial charge is 0.264 e. The van der Waals surface area contributed by atoms with Crippen LogP contribution in [0.2, 0.25) is 0 Å². The van der Waals surface area contributed by atoms with Gasteiger partial charge in [0.05, 0.1) is 16.9 Å². The summed E-state index contributed by atoms with van der Waals surface area (Å²) < 4.78 is 42.4. The topological polar surface area (TPSA) is 95.5 Å².